The molecule has 0 saturated carbocycles. The minimum absolute atomic E-state index is 0.134. The Morgan fingerprint density at radius 2 is 1.96 bits per heavy atom. The third-order valence-electron chi connectivity index (χ3n) is 3.27. The van der Waals surface area contributed by atoms with E-state index in [4.69, 9.17) is 28.6 Å². The molecule has 1 saturated heterocycles. The number of carbonyl (C=O) groups is 1. The molecule has 0 atom stereocenters. The molecule has 3 nitrogen and oxygen atoms in total. The Morgan fingerprint density at radius 1 is 1.22 bits per heavy atom. The summed E-state index contributed by atoms with van der Waals surface area (Å²) in [6.07, 6.45) is 1.82. The molecular formula is C17H12ClNO2S2. The van der Waals surface area contributed by atoms with Crippen LogP contribution in [0.1, 0.15) is 5.56 Å². The van der Waals surface area contributed by atoms with Gasteiger partial charge in [0.15, 0.2) is 4.32 Å². The number of anilines is 1. The zero-order chi connectivity index (χ0) is 16.4. The van der Waals surface area contributed by atoms with Crippen molar-refractivity contribution in [3.05, 3.63) is 64.0 Å². The van der Waals surface area contributed by atoms with Gasteiger partial charge in [-0.25, -0.2) is 0 Å². The van der Waals surface area contributed by atoms with Crippen LogP contribution < -0.4 is 9.64 Å². The summed E-state index contributed by atoms with van der Waals surface area (Å²) in [5.74, 6) is 0.608. The van der Waals surface area contributed by atoms with E-state index in [9.17, 15) is 4.79 Å². The largest absolute Gasteiger partial charge is 0.497 e. The summed E-state index contributed by atoms with van der Waals surface area (Å²) < 4.78 is 5.71. The average molecular weight is 362 g/mol. The zero-order valence-corrected chi connectivity index (χ0v) is 14.5. The van der Waals surface area contributed by atoms with Crippen LogP contribution in [0.25, 0.3) is 6.08 Å². The van der Waals surface area contributed by atoms with E-state index in [-0.39, 0.29) is 5.91 Å². The van der Waals surface area contributed by atoms with Crippen molar-refractivity contribution in [3.8, 4) is 5.75 Å². The standard InChI is InChI=1S/C17H12ClNO2S2/c1-21-14-4-2-3-11(9-14)10-15-16(20)19(17(22)23-15)13-7-5-12(18)6-8-13/h2-10H,1H3/b15-10-. The molecular weight excluding hydrogens is 350 g/mol. The number of hydrogen-bond acceptors (Lipinski definition) is 4. The van der Waals surface area contributed by atoms with Gasteiger partial charge in [0.1, 0.15) is 5.75 Å². The summed E-state index contributed by atoms with van der Waals surface area (Å²) in [6, 6.07) is 14.6. The smallest absolute Gasteiger partial charge is 0.270 e. The molecule has 1 amide bonds. The van der Waals surface area contributed by atoms with Crippen LogP contribution in [0.2, 0.25) is 5.02 Å². The molecule has 1 aliphatic heterocycles. The zero-order valence-electron chi connectivity index (χ0n) is 12.2. The third-order valence-corrected chi connectivity index (χ3v) is 4.82. The molecule has 0 spiro atoms. The second-order valence-electron chi connectivity index (χ2n) is 4.77. The van der Waals surface area contributed by atoms with Crippen molar-refractivity contribution >= 4 is 57.6 Å². The first-order valence-corrected chi connectivity index (χ1v) is 8.36. The van der Waals surface area contributed by atoms with Gasteiger partial charge in [0, 0.05) is 5.02 Å². The van der Waals surface area contributed by atoms with E-state index >= 15 is 0 Å². The lowest BCUT2D eigenvalue weighted by Crippen LogP contribution is -2.27. The van der Waals surface area contributed by atoms with Crippen molar-refractivity contribution in [1.29, 1.82) is 0 Å². The van der Waals surface area contributed by atoms with E-state index < -0.39 is 0 Å². The number of nitrogens with zero attached hydrogens (tertiary/aromatic N) is 1. The van der Waals surface area contributed by atoms with Gasteiger partial charge in [0.2, 0.25) is 0 Å². The second-order valence-corrected chi connectivity index (χ2v) is 6.88. The van der Waals surface area contributed by atoms with Crippen molar-refractivity contribution < 1.29 is 9.53 Å². The first kappa shape index (κ1) is 16.1. The highest BCUT2D eigenvalue weighted by Crippen LogP contribution is 2.36. The molecule has 23 heavy (non-hydrogen) atoms. The number of carbonyl (C=O) groups excluding carboxylic acids is 1. The lowest BCUT2D eigenvalue weighted by Gasteiger charge is -2.14. The minimum Gasteiger partial charge on any atom is -0.497 e. The Hall–Kier alpha value is -1.82. The molecule has 0 unspecified atom stereocenters. The van der Waals surface area contributed by atoms with Crippen LogP contribution in [0, 0.1) is 0 Å². The molecule has 116 valence electrons. The molecule has 1 aliphatic rings. The van der Waals surface area contributed by atoms with Crippen LogP contribution in [0.15, 0.2) is 53.4 Å². The van der Waals surface area contributed by atoms with Gasteiger partial charge in [-0.1, -0.05) is 47.7 Å². The fraction of sp³-hybridized carbons (Fsp3) is 0.0588. The SMILES string of the molecule is COc1cccc(/C=C2\SC(=S)N(c3ccc(Cl)cc3)C2=O)c1. The number of ether oxygens (including phenoxy) is 1. The van der Waals surface area contributed by atoms with E-state index in [1.165, 1.54) is 16.7 Å². The Bertz CT molecular complexity index is 802. The quantitative estimate of drug-likeness (QED) is 0.582. The molecule has 6 heteroatoms. The molecule has 0 bridgehead atoms. The monoisotopic (exact) mass is 361 g/mol. The van der Waals surface area contributed by atoms with E-state index in [0.717, 1.165) is 11.3 Å². The van der Waals surface area contributed by atoms with Crippen molar-refractivity contribution in [3.63, 3.8) is 0 Å². The predicted molar refractivity (Wildman–Crippen MR) is 100 cm³/mol. The summed E-state index contributed by atoms with van der Waals surface area (Å²) in [7, 11) is 1.61. The van der Waals surface area contributed by atoms with Gasteiger partial charge in [-0.15, -0.1) is 0 Å². The third kappa shape index (κ3) is 3.42. The fourth-order valence-electron chi connectivity index (χ4n) is 2.16. The second kappa shape index (κ2) is 6.74. The van der Waals surface area contributed by atoms with Crippen LogP contribution in [0.5, 0.6) is 5.75 Å². The van der Waals surface area contributed by atoms with Gasteiger partial charge in [-0.2, -0.15) is 0 Å². The number of rotatable bonds is 3. The van der Waals surface area contributed by atoms with Crippen molar-refractivity contribution in [2.24, 2.45) is 0 Å². The van der Waals surface area contributed by atoms with Gasteiger partial charge < -0.3 is 4.74 Å². The number of methoxy groups -OCH3 is 1. The van der Waals surface area contributed by atoms with Gasteiger partial charge >= 0.3 is 0 Å². The van der Waals surface area contributed by atoms with Crippen LogP contribution in [0.3, 0.4) is 0 Å². The molecule has 0 aliphatic carbocycles. The van der Waals surface area contributed by atoms with Crippen LogP contribution in [-0.2, 0) is 4.79 Å². The highest BCUT2D eigenvalue weighted by Gasteiger charge is 2.33. The van der Waals surface area contributed by atoms with E-state index in [2.05, 4.69) is 0 Å². The first-order valence-electron chi connectivity index (χ1n) is 6.76. The highest BCUT2D eigenvalue weighted by molar-refractivity contribution is 8.27. The number of halogens is 1. The molecule has 1 heterocycles. The molecule has 3 rings (SSSR count). The number of benzene rings is 2. The topological polar surface area (TPSA) is 29.5 Å². The van der Waals surface area contributed by atoms with Gasteiger partial charge in [-0.05, 0) is 48.0 Å². The lowest BCUT2D eigenvalue weighted by molar-refractivity contribution is -0.113. The maximum absolute atomic E-state index is 12.6. The Morgan fingerprint density at radius 3 is 2.65 bits per heavy atom. The van der Waals surface area contributed by atoms with Crippen molar-refractivity contribution in [2.45, 2.75) is 0 Å². The number of thiocarbonyl (C=S) groups is 1. The van der Waals surface area contributed by atoms with Crippen molar-refractivity contribution in [1.82, 2.24) is 0 Å². The first-order chi connectivity index (χ1) is 11.1. The number of thioether (sulfide) groups is 1. The average Bonchev–Trinajstić information content (AvgIpc) is 2.83. The maximum Gasteiger partial charge on any atom is 0.270 e. The van der Waals surface area contributed by atoms with Gasteiger partial charge in [-0.3, -0.25) is 9.69 Å². The van der Waals surface area contributed by atoms with Gasteiger partial charge in [0.25, 0.3) is 5.91 Å². The maximum atomic E-state index is 12.6. The molecule has 2 aromatic rings. The summed E-state index contributed by atoms with van der Waals surface area (Å²) in [6.45, 7) is 0. The Kier molecular flexibility index (Phi) is 4.71. The van der Waals surface area contributed by atoms with Gasteiger partial charge in [0.05, 0.1) is 17.7 Å². The summed E-state index contributed by atoms with van der Waals surface area (Å²) in [5.41, 5.74) is 1.60. The molecule has 2 aromatic carbocycles. The number of amides is 1. The van der Waals surface area contributed by atoms with E-state index in [0.29, 0.717) is 19.9 Å². The molecule has 0 N–H and O–H groups in total. The normalized spacial score (nSPS) is 16.3. The lowest BCUT2D eigenvalue weighted by atomic mass is 10.2. The van der Waals surface area contributed by atoms with E-state index in [1.807, 2.05) is 30.3 Å². The Balaban J connectivity index is 1.91. The van der Waals surface area contributed by atoms with Crippen LogP contribution >= 0.6 is 35.6 Å². The molecule has 0 radical (unpaired) electrons. The van der Waals surface area contributed by atoms with Crippen molar-refractivity contribution in [2.75, 3.05) is 12.0 Å². The molecule has 0 aromatic heterocycles. The Labute approximate surface area is 148 Å². The van der Waals surface area contributed by atoms with Crippen LogP contribution in [0.4, 0.5) is 5.69 Å². The van der Waals surface area contributed by atoms with E-state index in [1.54, 1.807) is 31.4 Å². The summed E-state index contributed by atoms with van der Waals surface area (Å²) in [4.78, 5) is 14.7. The highest BCUT2D eigenvalue weighted by atomic mass is 35.5. The molecule has 1 fully saturated rings. The van der Waals surface area contributed by atoms with Crippen LogP contribution in [-0.4, -0.2) is 17.3 Å². The number of hydrogen-bond donors (Lipinski definition) is 0. The minimum atomic E-state index is -0.134. The summed E-state index contributed by atoms with van der Waals surface area (Å²) >= 11 is 12.5. The summed E-state index contributed by atoms with van der Waals surface area (Å²) in [5, 5.41) is 0.617. The predicted octanol–water partition coefficient (Wildman–Crippen LogP) is 4.75. The fourth-order valence-corrected chi connectivity index (χ4v) is 3.59.